The lowest BCUT2D eigenvalue weighted by molar-refractivity contribution is -0.138. The average molecular weight is 481 g/mol. The largest absolute Gasteiger partial charge is 0.497 e. The number of carbonyl (C=O) groups excluding carboxylic acids is 2. The molecule has 174 valence electrons. The van der Waals surface area contributed by atoms with Gasteiger partial charge in [0.1, 0.15) is 17.6 Å². The van der Waals surface area contributed by atoms with Gasteiger partial charge in [-0.25, -0.2) is 4.39 Å². The lowest BCUT2D eigenvalue weighted by atomic mass is 10.1. The van der Waals surface area contributed by atoms with Crippen LogP contribution in [0.1, 0.15) is 38.3 Å². The van der Waals surface area contributed by atoms with Gasteiger partial charge in [-0.1, -0.05) is 36.7 Å². The minimum Gasteiger partial charge on any atom is -0.497 e. The Labute approximate surface area is 198 Å². The van der Waals surface area contributed by atoms with Crippen LogP contribution in [0.25, 0.3) is 0 Å². The van der Waals surface area contributed by atoms with Crippen LogP contribution in [-0.2, 0) is 21.9 Å². The number of benzene rings is 2. The van der Waals surface area contributed by atoms with Gasteiger partial charge in [0.15, 0.2) is 0 Å². The van der Waals surface area contributed by atoms with Crippen molar-refractivity contribution >= 4 is 35.2 Å². The predicted molar refractivity (Wildman–Crippen MR) is 128 cm³/mol. The minimum absolute atomic E-state index is 0.0105. The number of hydrogen-bond acceptors (Lipinski definition) is 4. The van der Waals surface area contributed by atoms with E-state index in [0.29, 0.717) is 16.3 Å². The van der Waals surface area contributed by atoms with Crippen molar-refractivity contribution < 1.29 is 18.7 Å². The molecule has 0 heterocycles. The first-order valence-electron chi connectivity index (χ1n) is 10.5. The molecule has 32 heavy (non-hydrogen) atoms. The molecule has 2 amide bonds. The molecule has 0 aliphatic heterocycles. The monoisotopic (exact) mass is 480 g/mol. The SMILES string of the molecule is CCC(C)NC(=O)C(C)N(Cc1cccc(OC)c1)C(=O)CSCc1c(F)cccc1Cl. The number of thioether (sulfide) groups is 1. The first kappa shape index (κ1) is 26.0. The molecule has 2 rings (SSSR count). The first-order valence-corrected chi connectivity index (χ1v) is 12.0. The molecule has 2 aromatic rings. The van der Waals surface area contributed by atoms with Gasteiger partial charge in [-0.2, -0.15) is 0 Å². The fourth-order valence-electron chi connectivity index (χ4n) is 3.01. The maximum absolute atomic E-state index is 14.0. The summed E-state index contributed by atoms with van der Waals surface area (Å²) in [6.45, 7) is 5.88. The molecule has 8 heteroatoms. The highest BCUT2D eigenvalue weighted by Gasteiger charge is 2.27. The molecule has 1 N–H and O–H groups in total. The van der Waals surface area contributed by atoms with E-state index in [-0.39, 0.29) is 35.9 Å². The lowest BCUT2D eigenvalue weighted by Gasteiger charge is -2.29. The summed E-state index contributed by atoms with van der Waals surface area (Å²) in [5.74, 6) is 0.213. The van der Waals surface area contributed by atoms with Crippen LogP contribution in [0, 0.1) is 5.82 Å². The van der Waals surface area contributed by atoms with E-state index in [1.807, 2.05) is 38.1 Å². The number of carbonyl (C=O) groups is 2. The van der Waals surface area contributed by atoms with Crippen molar-refractivity contribution in [3.05, 3.63) is 64.4 Å². The van der Waals surface area contributed by atoms with E-state index in [4.69, 9.17) is 16.3 Å². The van der Waals surface area contributed by atoms with Crippen LogP contribution in [0.2, 0.25) is 5.02 Å². The van der Waals surface area contributed by atoms with Crippen molar-refractivity contribution in [1.29, 1.82) is 0 Å². The Morgan fingerprint density at radius 2 is 1.94 bits per heavy atom. The van der Waals surface area contributed by atoms with Gasteiger partial charge in [0.05, 0.1) is 12.9 Å². The Morgan fingerprint density at radius 3 is 2.59 bits per heavy atom. The van der Waals surface area contributed by atoms with Gasteiger partial charge in [0, 0.05) is 28.9 Å². The zero-order chi connectivity index (χ0) is 23.7. The normalized spacial score (nSPS) is 12.7. The van der Waals surface area contributed by atoms with E-state index in [0.717, 1.165) is 12.0 Å². The number of amides is 2. The van der Waals surface area contributed by atoms with Crippen molar-refractivity contribution in [3.63, 3.8) is 0 Å². The number of rotatable bonds is 11. The highest BCUT2D eigenvalue weighted by atomic mass is 35.5. The summed E-state index contributed by atoms with van der Waals surface area (Å²) in [6.07, 6.45) is 0.793. The summed E-state index contributed by atoms with van der Waals surface area (Å²) in [7, 11) is 1.58. The van der Waals surface area contributed by atoms with Crippen LogP contribution < -0.4 is 10.1 Å². The van der Waals surface area contributed by atoms with Crippen LogP contribution in [0.4, 0.5) is 4.39 Å². The van der Waals surface area contributed by atoms with E-state index in [1.54, 1.807) is 31.1 Å². The summed E-state index contributed by atoms with van der Waals surface area (Å²) in [4.78, 5) is 27.4. The van der Waals surface area contributed by atoms with Gasteiger partial charge >= 0.3 is 0 Å². The second kappa shape index (κ2) is 12.7. The Morgan fingerprint density at radius 1 is 1.22 bits per heavy atom. The second-order valence-corrected chi connectivity index (χ2v) is 8.95. The van der Waals surface area contributed by atoms with E-state index >= 15 is 0 Å². The number of nitrogens with one attached hydrogen (secondary N) is 1. The summed E-state index contributed by atoms with van der Waals surface area (Å²) < 4.78 is 19.3. The van der Waals surface area contributed by atoms with Gasteiger partial charge in [-0.15, -0.1) is 11.8 Å². The zero-order valence-corrected chi connectivity index (χ0v) is 20.4. The Hall–Kier alpha value is -2.25. The third kappa shape index (κ3) is 7.41. The Bertz CT molecular complexity index is 908. The van der Waals surface area contributed by atoms with Gasteiger partial charge in [-0.05, 0) is 50.1 Å². The zero-order valence-electron chi connectivity index (χ0n) is 18.9. The van der Waals surface area contributed by atoms with E-state index < -0.39 is 11.9 Å². The highest BCUT2D eigenvalue weighted by molar-refractivity contribution is 7.99. The number of methoxy groups -OCH3 is 1. The van der Waals surface area contributed by atoms with Gasteiger partial charge in [-0.3, -0.25) is 9.59 Å². The summed E-state index contributed by atoms with van der Waals surface area (Å²) >= 11 is 7.35. The first-order chi connectivity index (χ1) is 15.3. The molecule has 2 atom stereocenters. The minimum atomic E-state index is -0.666. The predicted octanol–water partition coefficient (Wildman–Crippen LogP) is 5.05. The molecule has 5 nitrogen and oxygen atoms in total. The van der Waals surface area contributed by atoms with Crippen LogP contribution >= 0.6 is 23.4 Å². The molecule has 0 spiro atoms. The van der Waals surface area contributed by atoms with Crippen LogP contribution in [0.5, 0.6) is 5.75 Å². The number of hydrogen-bond donors (Lipinski definition) is 1. The molecule has 0 radical (unpaired) electrons. The van der Waals surface area contributed by atoms with Gasteiger partial charge in [0.2, 0.25) is 11.8 Å². The van der Waals surface area contributed by atoms with Gasteiger partial charge in [0.25, 0.3) is 0 Å². The molecule has 0 saturated heterocycles. The maximum Gasteiger partial charge on any atom is 0.242 e. The van der Waals surface area contributed by atoms with Crippen LogP contribution in [-0.4, -0.2) is 41.7 Å². The molecule has 0 aliphatic rings. The Kier molecular flexibility index (Phi) is 10.3. The third-order valence-electron chi connectivity index (χ3n) is 5.19. The van der Waals surface area contributed by atoms with Crippen molar-refractivity contribution in [2.75, 3.05) is 12.9 Å². The lowest BCUT2D eigenvalue weighted by Crippen LogP contribution is -2.50. The number of nitrogens with zero attached hydrogens (tertiary/aromatic N) is 1. The topological polar surface area (TPSA) is 58.6 Å². The van der Waals surface area contributed by atoms with Crippen molar-refractivity contribution in [3.8, 4) is 5.75 Å². The maximum atomic E-state index is 14.0. The highest BCUT2D eigenvalue weighted by Crippen LogP contribution is 2.24. The van der Waals surface area contributed by atoms with Crippen LogP contribution in [0.3, 0.4) is 0 Å². The van der Waals surface area contributed by atoms with Crippen LogP contribution in [0.15, 0.2) is 42.5 Å². The quantitative estimate of drug-likeness (QED) is 0.488. The molecule has 0 fully saturated rings. The van der Waals surface area contributed by atoms with E-state index in [2.05, 4.69) is 5.32 Å². The molecular weight excluding hydrogens is 451 g/mol. The summed E-state index contributed by atoms with van der Waals surface area (Å²) in [5.41, 5.74) is 1.22. The molecule has 0 saturated carbocycles. The van der Waals surface area contributed by atoms with Gasteiger partial charge < -0.3 is 15.0 Å². The summed E-state index contributed by atoms with van der Waals surface area (Å²) in [6, 6.07) is 11.2. The molecule has 0 aromatic heterocycles. The van der Waals surface area contributed by atoms with E-state index in [1.165, 1.54) is 17.8 Å². The molecule has 0 bridgehead atoms. The van der Waals surface area contributed by atoms with Crippen molar-refractivity contribution in [2.45, 2.75) is 51.6 Å². The number of halogens is 2. The molecule has 0 aliphatic carbocycles. The van der Waals surface area contributed by atoms with E-state index in [9.17, 15) is 14.0 Å². The number of ether oxygens (including phenoxy) is 1. The molecule has 2 aromatic carbocycles. The smallest absolute Gasteiger partial charge is 0.242 e. The fourth-order valence-corrected chi connectivity index (χ4v) is 4.26. The molecule has 2 unspecified atom stereocenters. The standard InChI is InChI=1S/C24H30ClFN2O3S/c1-5-16(2)27-24(30)17(3)28(13-18-8-6-9-19(12-18)31-4)23(29)15-32-14-20-21(25)10-7-11-22(20)26/h6-12,16-17H,5,13-15H2,1-4H3,(H,27,30). The van der Waals surface area contributed by atoms with Crippen molar-refractivity contribution in [2.24, 2.45) is 0 Å². The van der Waals surface area contributed by atoms with Crippen molar-refractivity contribution in [1.82, 2.24) is 10.2 Å². The fraction of sp³-hybridized carbons (Fsp3) is 0.417. The molecular formula is C24H30ClFN2O3S. The third-order valence-corrected chi connectivity index (χ3v) is 6.49. The average Bonchev–Trinajstić information content (AvgIpc) is 2.78. The summed E-state index contributed by atoms with van der Waals surface area (Å²) in [5, 5.41) is 3.27. The Balaban J connectivity index is 2.14. The second-order valence-electron chi connectivity index (χ2n) is 7.56.